The topological polar surface area (TPSA) is 49.6 Å². The Morgan fingerprint density at radius 3 is 2.06 bits per heavy atom. The van der Waals surface area contributed by atoms with Crippen molar-refractivity contribution >= 4 is 5.91 Å². The van der Waals surface area contributed by atoms with Gasteiger partial charge in [0.1, 0.15) is 0 Å². The van der Waals surface area contributed by atoms with Gasteiger partial charge in [-0.1, -0.05) is 0 Å². The number of piperazine rings is 1. The maximum absolute atomic E-state index is 12.2. The minimum atomic E-state index is -4.18. The lowest BCUT2D eigenvalue weighted by atomic mass is 9.91. The monoisotopic (exact) mass is 267 g/mol. The first-order valence-electron chi connectivity index (χ1n) is 5.94. The predicted octanol–water partition coefficient (Wildman–Crippen LogP) is 0.678. The molecule has 0 saturated carbocycles. The van der Waals surface area contributed by atoms with Gasteiger partial charge in [-0.15, -0.1) is 0 Å². The molecule has 0 unspecified atom stereocenters. The van der Waals surface area contributed by atoms with Gasteiger partial charge in [0.05, 0.1) is 12.0 Å². The SMILES string of the molecule is CC(C)(CN)C(=O)N1CCN(CC(F)(F)F)CC1. The van der Waals surface area contributed by atoms with Crippen molar-refractivity contribution in [1.82, 2.24) is 9.80 Å². The molecular formula is C11H20F3N3O. The molecule has 106 valence electrons. The first-order valence-corrected chi connectivity index (χ1v) is 5.94. The molecule has 2 N–H and O–H groups in total. The van der Waals surface area contributed by atoms with Crippen molar-refractivity contribution in [2.24, 2.45) is 11.1 Å². The highest BCUT2D eigenvalue weighted by atomic mass is 19.4. The zero-order valence-corrected chi connectivity index (χ0v) is 10.8. The number of carbonyl (C=O) groups excluding carboxylic acids is 1. The molecule has 0 radical (unpaired) electrons. The number of rotatable bonds is 3. The molecule has 1 rings (SSSR count). The van der Waals surface area contributed by atoms with Crippen molar-refractivity contribution in [3.8, 4) is 0 Å². The van der Waals surface area contributed by atoms with E-state index in [0.29, 0.717) is 13.1 Å². The van der Waals surface area contributed by atoms with E-state index in [0.717, 1.165) is 0 Å². The lowest BCUT2D eigenvalue weighted by Gasteiger charge is -2.38. The molecular weight excluding hydrogens is 247 g/mol. The molecule has 4 nitrogen and oxygen atoms in total. The summed E-state index contributed by atoms with van der Waals surface area (Å²) >= 11 is 0. The van der Waals surface area contributed by atoms with Crippen molar-refractivity contribution in [3.05, 3.63) is 0 Å². The highest BCUT2D eigenvalue weighted by molar-refractivity contribution is 5.82. The van der Waals surface area contributed by atoms with E-state index in [9.17, 15) is 18.0 Å². The average Bonchev–Trinajstić information content (AvgIpc) is 2.27. The Hall–Kier alpha value is -0.820. The van der Waals surface area contributed by atoms with Gasteiger partial charge in [-0.25, -0.2) is 0 Å². The summed E-state index contributed by atoms with van der Waals surface area (Å²) in [5.74, 6) is -0.0864. The van der Waals surface area contributed by atoms with E-state index in [-0.39, 0.29) is 25.5 Å². The second kappa shape index (κ2) is 5.44. The number of carbonyl (C=O) groups is 1. The number of nitrogens with two attached hydrogens (primary N) is 1. The fourth-order valence-corrected chi connectivity index (χ4v) is 1.88. The summed E-state index contributed by atoms with van der Waals surface area (Å²) in [5, 5.41) is 0. The van der Waals surface area contributed by atoms with E-state index in [4.69, 9.17) is 5.73 Å². The number of halogens is 3. The number of hydrogen-bond donors (Lipinski definition) is 1. The van der Waals surface area contributed by atoms with E-state index < -0.39 is 18.1 Å². The molecule has 1 aliphatic heterocycles. The van der Waals surface area contributed by atoms with Crippen LogP contribution in [-0.4, -0.2) is 61.2 Å². The molecule has 0 spiro atoms. The Balaban J connectivity index is 2.47. The van der Waals surface area contributed by atoms with Crippen LogP contribution in [0, 0.1) is 5.41 Å². The summed E-state index contributed by atoms with van der Waals surface area (Å²) in [4.78, 5) is 15.0. The Morgan fingerprint density at radius 2 is 1.67 bits per heavy atom. The van der Waals surface area contributed by atoms with E-state index in [2.05, 4.69) is 0 Å². The van der Waals surface area contributed by atoms with Gasteiger partial charge >= 0.3 is 6.18 Å². The van der Waals surface area contributed by atoms with Crippen LogP contribution in [0.2, 0.25) is 0 Å². The van der Waals surface area contributed by atoms with E-state index in [1.165, 1.54) is 4.90 Å². The van der Waals surface area contributed by atoms with Crippen molar-refractivity contribution in [3.63, 3.8) is 0 Å². The molecule has 0 aliphatic carbocycles. The number of hydrogen-bond acceptors (Lipinski definition) is 3. The van der Waals surface area contributed by atoms with Gasteiger partial charge in [0.2, 0.25) is 5.91 Å². The number of alkyl halides is 3. The Bertz CT molecular complexity index is 296. The van der Waals surface area contributed by atoms with E-state index >= 15 is 0 Å². The first-order chi connectivity index (χ1) is 8.15. The van der Waals surface area contributed by atoms with Crippen LogP contribution in [0.5, 0.6) is 0 Å². The van der Waals surface area contributed by atoms with E-state index in [1.807, 2.05) is 0 Å². The third-order valence-electron chi connectivity index (χ3n) is 3.15. The lowest BCUT2D eigenvalue weighted by molar-refractivity contribution is -0.154. The Labute approximate surface area is 105 Å². The van der Waals surface area contributed by atoms with Gasteiger partial charge in [0.25, 0.3) is 0 Å². The molecule has 0 aromatic heterocycles. The molecule has 0 aromatic rings. The second-order valence-electron chi connectivity index (χ2n) is 5.27. The van der Waals surface area contributed by atoms with Crippen LogP contribution in [0.4, 0.5) is 13.2 Å². The molecule has 7 heteroatoms. The number of nitrogens with zero attached hydrogens (tertiary/aromatic N) is 2. The quantitative estimate of drug-likeness (QED) is 0.818. The Morgan fingerprint density at radius 1 is 1.17 bits per heavy atom. The van der Waals surface area contributed by atoms with Gasteiger partial charge < -0.3 is 10.6 Å². The fraction of sp³-hybridized carbons (Fsp3) is 0.909. The number of amides is 1. The fourth-order valence-electron chi connectivity index (χ4n) is 1.88. The van der Waals surface area contributed by atoms with Crippen molar-refractivity contribution < 1.29 is 18.0 Å². The molecule has 1 heterocycles. The van der Waals surface area contributed by atoms with Gasteiger partial charge in [0.15, 0.2) is 0 Å². The highest BCUT2D eigenvalue weighted by Gasteiger charge is 2.35. The third-order valence-corrected chi connectivity index (χ3v) is 3.15. The van der Waals surface area contributed by atoms with Crippen LogP contribution in [-0.2, 0) is 4.79 Å². The zero-order chi connectivity index (χ0) is 14.0. The molecule has 0 bridgehead atoms. The summed E-state index contributed by atoms with van der Waals surface area (Å²) in [7, 11) is 0. The summed E-state index contributed by atoms with van der Waals surface area (Å²) in [6.07, 6.45) is -4.18. The van der Waals surface area contributed by atoms with Crippen molar-refractivity contribution in [1.29, 1.82) is 0 Å². The molecule has 1 fully saturated rings. The first kappa shape index (κ1) is 15.2. The van der Waals surface area contributed by atoms with Crippen LogP contribution < -0.4 is 5.73 Å². The normalized spacial score (nSPS) is 19.1. The minimum absolute atomic E-state index is 0.0864. The van der Waals surface area contributed by atoms with Crippen molar-refractivity contribution in [2.75, 3.05) is 39.3 Å². The van der Waals surface area contributed by atoms with Crippen LogP contribution in [0.1, 0.15) is 13.8 Å². The summed E-state index contributed by atoms with van der Waals surface area (Å²) in [6, 6.07) is 0. The van der Waals surface area contributed by atoms with Crippen molar-refractivity contribution in [2.45, 2.75) is 20.0 Å². The maximum atomic E-state index is 12.2. The van der Waals surface area contributed by atoms with Gasteiger partial charge in [0, 0.05) is 32.7 Å². The summed E-state index contributed by atoms with van der Waals surface area (Å²) < 4.78 is 36.6. The average molecular weight is 267 g/mol. The summed E-state index contributed by atoms with van der Waals surface area (Å²) in [6.45, 7) is 3.99. The lowest BCUT2D eigenvalue weighted by Crippen LogP contribution is -2.54. The van der Waals surface area contributed by atoms with Gasteiger partial charge in [-0.05, 0) is 13.8 Å². The highest BCUT2D eigenvalue weighted by Crippen LogP contribution is 2.20. The third kappa shape index (κ3) is 4.13. The molecule has 1 saturated heterocycles. The van der Waals surface area contributed by atoms with E-state index in [1.54, 1.807) is 18.7 Å². The molecule has 18 heavy (non-hydrogen) atoms. The molecule has 1 amide bonds. The predicted molar refractivity (Wildman–Crippen MR) is 61.9 cm³/mol. The Kier molecular flexibility index (Phi) is 4.61. The molecule has 0 aromatic carbocycles. The largest absolute Gasteiger partial charge is 0.401 e. The van der Waals surface area contributed by atoms with Gasteiger partial charge in [-0.2, -0.15) is 13.2 Å². The smallest absolute Gasteiger partial charge is 0.340 e. The summed E-state index contributed by atoms with van der Waals surface area (Å²) in [5.41, 5.74) is 4.87. The van der Waals surface area contributed by atoms with Crippen LogP contribution in [0.15, 0.2) is 0 Å². The zero-order valence-electron chi connectivity index (χ0n) is 10.8. The minimum Gasteiger partial charge on any atom is -0.340 e. The molecule has 0 atom stereocenters. The molecule has 1 aliphatic rings. The maximum Gasteiger partial charge on any atom is 0.401 e. The standard InChI is InChI=1S/C11H20F3N3O/c1-10(2,7-15)9(18)17-5-3-16(4-6-17)8-11(12,13)14/h3-8,15H2,1-2H3. The van der Waals surface area contributed by atoms with Gasteiger partial charge in [-0.3, -0.25) is 9.69 Å². The second-order valence-corrected chi connectivity index (χ2v) is 5.27. The van der Waals surface area contributed by atoms with Crippen LogP contribution >= 0.6 is 0 Å². The van der Waals surface area contributed by atoms with Crippen LogP contribution in [0.3, 0.4) is 0 Å². The van der Waals surface area contributed by atoms with Crippen LogP contribution in [0.25, 0.3) is 0 Å².